The van der Waals surface area contributed by atoms with Gasteiger partial charge in [0, 0.05) is 24.8 Å². The molecule has 18 heavy (non-hydrogen) atoms. The van der Waals surface area contributed by atoms with Crippen molar-refractivity contribution in [2.45, 2.75) is 26.0 Å². The first-order chi connectivity index (χ1) is 8.60. The highest BCUT2D eigenvalue weighted by Crippen LogP contribution is 2.23. The molecule has 1 heterocycles. The molecule has 1 fully saturated rings. The van der Waals surface area contributed by atoms with E-state index in [2.05, 4.69) is 23.8 Å². The van der Waals surface area contributed by atoms with Crippen LogP contribution < -0.4 is 4.90 Å². The monoisotopic (exact) mass is 252 g/mol. The zero-order valence-corrected chi connectivity index (χ0v) is 11.1. The highest BCUT2D eigenvalue weighted by molar-refractivity contribution is 5.50. The van der Waals surface area contributed by atoms with Crippen LogP contribution in [-0.2, 0) is 6.61 Å². The van der Waals surface area contributed by atoms with Crippen LogP contribution in [0.15, 0.2) is 18.2 Å². The standard InChI is InChI=1S/C14H21FN2O/c1-11-9-16(2)4-3-5-17(11)14-7-12(10-18)6-13(15)8-14/h6-8,11,18H,3-5,9-10H2,1-2H3. The van der Waals surface area contributed by atoms with Crippen LogP contribution in [0.3, 0.4) is 0 Å². The summed E-state index contributed by atoms with van der Waals surface area (Å²) in [6.45, 7) is 5.02. The molecule has 3 nitrogen and oxygen atoms in total. The fraction of sp³-hybridized carbons (Fsp3) is 0.571. The van der Waals surface area contributed by atoms with Crippen molar-refractivity contribution in [2.75, 3.05) is 31.6 Å². The molecule has 0 radical (unpaired) electrons. The summed E-state index contributed by atoms with van der Waals surface area (Å²) < 4.78 is 13.5. The second kappa shape index (κ2) is 5.67. The van der Waals surface area contributed by atoms with E-state index < -0.39 is 0 Å². The SMILES string of the molecule is CC1CN(C)CCCN1c1cc(F)cc(CO)c1. The number of rotatable bonds is 2. The lowest BCUT2D eigenvalue weighted by Crippen LogP contribution is -2.38. The smallest absolute Gasteiger partial charge is 0.125 e. The van der Waals surface area contributed by atoms with Crippen molar-refractivity contribution < 1.29 is 9.50 Å². The molecule has 1 aromatic rings. The molecule has 0 aliphatic carbocycles. The van der Waals surface area contributed by atoms with Crippen LogP contribution in [0.1, 0.15) is 18.9 Å². The fourth-order valence-corrected chi connectivity index (χ4v) is 2.65. The molecule has 0 spiro atoms. The Balaban J connectivity index is 2.26. The van der Waals surface area contributed by atoms with E-state index in [1.165, 1.54) is 6.07 Å². The Morgan fingerprint density at radius 1 is 1.33 bits per heavy atom. The molecule has 1 aliphatic rings. The normalized spacial score (nSPS) is 22.0. The van der Waals surface area contributed by atoms with Gasteiger partial charge in [-0.05, 0) is 50.7 Å². The van der Waals surface area contributed by atoms with E-state index in [0.717, 1.165) is 31.7 Å². The molecule has 0 amide bonds. The molecular weight excluding hydrogens is 231 g/mol. The first-order valence-electron chi connectivity index (χ1n) is 6.45. The number of nitrogens with zero attached hydrogens (tertiary/aromatic N) is 2. The van der Waals surface area contributed by atoms with Gasteiger partial charge in [-0.2, -0.15) is 0 Å². The lowest BCUT2D eigenvalue weighted by molar-refractivity contribution is 0.281. The van der Waals surface area contributed by atoms with Crippen molar-refractivity contribution in [3.05, 3.63) is 29.6 Å². The largest absolute Gasteiger partial charge is 0.392 e. The molecule has 1 N–H and O–H groups in total. The summed E-state index contributed by atoms with van der Waals surface area (Å²) in [5.41, 5.74) is 1.51. The second-order valence-electron chi connectivity index (χ2n) is 5.13. The minimum atomic E-state index is -0.277. The third-order valence-electron chi connectivity index (χ3n) is 3.50. The molecule has 1 saturated heterocycles. The van der Waals surface area contributed by atoms with Crippen molar-refractivity contribution in [3.8, 4) is 0 Å². The number of anilines is 1. The summed E-state index contributed by atoms with van der Waals surface area (Å²) in [6.07, 6.45) is 1.08. The van der Waals surface area contributed by atoms with Crippen LogP contribution in [0.2, 0.25) is 0 Å². The fourth-order valence-electron chi connectivity index (χ4n) is 2.65. The minimum absolute atomic E-state index is 0.118. The van der Waals surface area contributed by atoms with E-state index in [0.29, 0.717) is 11.6 Å². The predicted molar refractivity (Wildman–Crippen MR) is 71.2 cm³/mol. The average Bonchev–Trinajstić information content (AvgIpc) is 2.49. The number of halogens is 1. The lowest BCUT2D eigenvalue weighted by Gasteiger charge is -2.30. The average molecular weight is 252 g/mol. The van der Waals surface area contributed by atoms with Gasteiger partial charge < -0.3 is 14.9 Å². The van der Waals surface area contributed by atoms with Gasteiger partial charge in [0.2, 0.25) is 0 Å². The van der Waals surface area contributed by atoms with Crippen LogP contribution in [-0.4, -0.2) is 42.7 Å². The molecule has 0 saturated carbocycles. The molecule has 2 rings (SSSR count). The first kappa shape index (κ1) is 13.3. The van der Waals surface area contributed by atoms with Gasteiger partial charge in [-0.1, -0.05) is 0 Å². The molecule has 1 aliphatic heterocycles. The Kier molecular flexibility index (Phi) is 4.19. The second-order valence-corrected chi connectivity index (χ2v) is 5.13. The predicted octanol–water partition coefficient (Wildman–Crippen LogP) is 1.85. The number of hydrogen-bond donors (Lipinski definition) is 1. The molecule has 0 aromatic heterocycles. The summed E-state index contributed by atoms with van der Waals surface area (Å²) in [5, 5.41) is 9.15. The maximum Gasteiger partial charge on any atom is 0.125 e. The van der Waals surface area contributed by atoms with E-state index in [-0.39, 0.29) is 12.4 Å². The summed E-state index contributed by atoms with van der Waals surface area (Å²) >= 11 is 0. The Labute approximate surface area is 108 Å². The van der Waals surface area contributed by atoms with Crippen LogP contribution in [0.4, 0.5) is 10.1 Å². The molecule has 100 valence electrons. The molecule has 0 bridgehead atoms. The van der Waals surface area contributed by atoms with Gasteiger partial charge in [0.15, 0.2) is 0 Å². The van der Waals surface area contributed by atoms with Crippen molar-refractivity contribution in [1.82, 2.24) is 4.90 Å². The Morgan fingerprint density at radius 3 is 2.83 bits per heavy atom. The molecule has 1 unspecified atom stereocenters. The Bertz CT molecular complexity index is 411. The minimum Gasteiger partial charge on any atom is -0.392 e. The van der Waals surface area contributed by atoms with Gasteiger partial charge >= 0.3 is 0 Å². The molecule has 1 aromatic carbocycles. The first-order valence-corrected chi connectivity index (χ1v) is 6.45. The number of aliphatic hydroxyl groups is 1. The van der Waals surface area contributed by atoms with Crippen molar-refractivity contribution in [1.29, 1.82) is 0 Å². The van der Waals surface area contributed by atoms with E-state index in [4.69, 9.17) is 5.11 Å². The topological polar surface area (TPSA) is 26.7 Å². The number of benzene rings is 1. The van der Waals surface area contributed by atoms with Crippen LogP contribution in [0.25, 0.3) is 0 Å². The summed E-state index contributed by atoms with van der Waals surface area (Å²) in [4.78, 5) is 4.53. The van der Waals surface area contributed by atoms with Gasteiger partial charge in [-0.25, -0.2) is 4.39 Å². The maximum atomic E-state index is 13.5. The third kappa shape index (κ3) is 3.00. The summed E-state index contributed by atoms with van der Waals surface area (Å²) in [5.74, 6) is -0.277. The Hall–Kier alpha value is -1.13. The third-order valence-corrected chi connectivity index (χ3v) is 3.50. The van der Waals surface area contributed by atoms with Gasteiger partial charge in [0.1, 0.15) is 5.82 Å². The highest BCUT2D eigenvalue weighted by Gasteiger charge is 2.20. The van der Waals surface area contributed by atoms with E-state index >= 15 is 0 Å². The Morgan fingerprint density at radius 2 is 2.11 bits per heavy atom. The van der Waals surface area contributed by atoms with Crippen LogP contribution in [0, 0.1) is 5.82 Å². The zero-order valence-electron chi connectivity index (χ0n) is 11.1. The van der Waals surface area contributed by atoms with E-state index in [1.54, 1.807) is 6.07 Å². The van der Waals surface area contributed by atoms with Crippen molar-refractivity contribution in [3.63, 3.8) is 0 Å². The van der Waals surface area contributed by atoms with E-state index in [9.17, 15) is 4.39 Å². The molecule has 4 heteroatoms. The quantitative estimate of drug-likeness (QED) is 0.870. The number of likely N-dealkylation sites (N-methyl/N-ethyl adjacent to an activating group) is 1. The summed E-state index contributed by atoms with van der Waals surface area (Å²) in [7, 11) is 2.12. The highest BCUT2D eigenvalue weighted by atomic mass is 19.1. The van der Waals surface area contributed by atoms with Gasteiger partial charge in [0.05, 0.1) is 6.61 Å². The van der Waals surface area contributed by atoms with Gasteiger partial charge in [-0.3, -0.25) is 0 Å². The van der Waals surface area contributed by atoms with Crippen LogP contribution in [0.5, 0.6) is 0 Å². The zero-order chi connectivity index (χ0) is 13.1. The van der Waals surface area contributed by atoms with Crippen LogP contribution >= 0.6 is 0 Å². The molecule has 1 atom stereocenters. The maximum absolute atomic E-state index is 13.5. The van der Waals surface area contributed by atoms with E-state index in [1.807, 2.05) is 6.07 Å². The molecular formula is C14H21FN2O. The van der Waals surface area contributed by atoms with Gasteiger partial charge in [-0.15, -0.1) is 0 Å². The number of aliphatic hydroxyl groups excluding tert-OH is 1. The number of hydrogen-bond acceptors (Lipinski definition) is 3. The van der Waals surface area contributed by atoms with Crippen molar-refractivity contribution >= 4 is 5.69 Å². The van der Waals surface area contributed by atoms with Crippen molar-refractivity contribution in [2.24, 2.45) is 0 Å². The summed E-state index contributed by atoms with van der Waals surface area (Å²) in [6, 6.07) is 5.18. The lowest BCUT2D eigenvalue weighted by atomic mass is 10.1. The van der Waals surface area contributed by atoms with Gasteiger partial charge in [0.25, 0.3) is 0 Å².